The first kappa shape index (κ1) is 20.2. The minimum absolute atomic E-state index is 0. The number of halogens is 1. The number of rotatable bonds is 5. The van der Waals surface area contributed by atoms with E-state index in [9.17, 15) is 13.2 Å². The molecule has 1 aromatic rings. The number of benzene rings is 1. The predicted octanol–water partition coefficient (Wildman–Crippen LogP) is 1.73. The molecule has 2 fully saturated rings. The Hall–Kier alpha value is -1.15. The third-order valence-electron chi connectivity index (χ3n) is 4.91. The lowest BCUT2D eigenvalue weighted by molar-refractivity contribution is 0.0923. The summed E-state index contributed by atoms with van der Waals surface area (Å²) in [7, 11) is -3.56. The van der Waals surface area contributed by atoms with Crippen LogP contribution in [0.5, 0.6) is 0 Å². The van der Waals surface area contributed by atoms with Crippen molar-refractivity contribution >= 4 is 28.3 Å². The minimum atomic E-state index is -3.56. The molecule has 8 heteroatoms. The second-order valence-corrected chi connectivity index (χ2v) is 8.52. The minimum Gasteiger partial charge on any atom is -0.349 e. The fraction of sp³-hybridized carbons (Fsp3) is 0.588. The van der Waals surface area contributed by atoms with E-state index in [0.29, 0.717) is 24.2 Å². The normalized spacial score (nSPS) is 25.3. The van der Waals surface area contributed by atoms with Gasteiger partial charge in [-0.3, -0.25) is 4.79 Å². The molecule has 2 unspecified atom stereocenters. The molecule has 2 aliphatic rings. The van der Waals surface area contributed by atoms with E-state index in [0.717, 1.165) is 18.4 Å². The Morgan fingerprint density at radius 2 is 1.88 bits per heavy atom. The molecule has 2 heterocycles. The molecule has 0 saturated carbocycles. The van der Waals surface area contributed by atoms with Crippen molar-refractivity contribution in [2.75, 3.05) is 6.54 Å². The maximum atomic E-state index is 12.7. The van der Waals surface area contributed by atoms with Gasteiger partial charge in [0.1, 0.15) is 0 Å². The first-order chi connectivity index (χ1) is 11.4. The Balaban J connectivity index is 0.00000225. The number of carbonyl (C=O) groups is 1. The van der Waals surface area contributed by atoms with Crippen molar-refractivity contribution in [1.29, 1.82) is 0 Å². The van der Waals surface area contributed by atoms with Gasteiger partial charge in [-0.1, -0.05) is 13.0 Å². The van der Waals surface area contributed by atoms with Crippen molar-refractivity contribution in [2.45, 2.75) is 62.6 Å². The van der Waals surface area contributed by atoms with E-state index in [1.807, 2.05) is 6.92 Å². The van der Waals surface area contributed by atoms with Gasteiger partial charge < -0.3 is 10.6 Å². The number of fused-ring (bicyclic) bond motifs is 2. The van der Waals surface area contributed by atoms with E-state index in [2.05, 4.69) is 15.4 Å². The highest BCUT2D eigenvalue weighted by Gasteiger charge is 2.34. The van der Waals surface area contributed by atoms with Crippen LogP contribution in [0.3, 0.4) is 0 Å². The zero-order valence-electron chi connectivity index (χ0n) is 14.5. The largest absolute Gasteiger partial charge is 0.349 e. The quantitative estimate of drug-likeness (QED) is 0.718. The number of nitrogens with one attached hydrogen (secondary N) is 3. The average Bonchev–Trinajstić information content (AvgIpc) is 2.86. The van der Waals surface area contributed by atoms with E-state index < -0.39 is 10.0 Å². The Kier molecular flexibility index (Phi) is 6.48. The summed E-state index contributed by atoms with van der Waals surface area (Å²) < 4.78 is 26.8. The van der Waals surface area contributed by atoms with E-state index in [1.54, 1.807) is 13.0 Å². The van der Waals surface area contributed by atoms with Gasteiger partial charge in [-0.15, -0.1) is 12.4 Å². The number of piperidine rings is 1. The first-order valence-electron chi connectivity index (χ1n) is 8.56. The third-order valence-corrected chi connectivity index (χ3v) is 6.45. The van der Waals surface area contributed by atoms with Crippen LogP contribution < -0.4 is 15.4 Å². The Morgan fingerprint density at radius 3 is 2.48 bits per heavy atom. The van der Waals surface area contributed by atoms with Crippen LogP contribution in [0.25, 0.3) is 0 Å². The lowest BCUT2D eigenvalue weighted by atomic mass is 9.99. The molecule has 0 radical (unpaired) electrons. The van der Waals surface area contributed by atoms with Gasteiger partial charge in [0, 0.05) is 30.2 Å². The van der Waals surface area contributed by atoms with Crippen LogP contribution in [0.15, 0.2) is 23.1 Å². The summed E-state index contributed by atoms with van der Waals surface area (Å²) >= 11 is 0. The molecule has 0 aliphatic carbocycles. The SMILES string of the molecule is CCNS(=O)(=O)c1ccc(C)c(C(=O)NC2CC3CCC(C2)N3)c1.Cl. The Morgan fingerprint density at radius 1 is 1.24 bits per heavy atom. The van der Waals surface area contributed by atoms with Gasteiger partial charge in [-0.25, -0.2) is 13.1 Å². The Labute approximate surface area is 155 Å². The number of sulfonamides is 1. The first-order valence-corrected chi connectivity index (χ1v) is 10.0. The van der Waals surface area contributed by atoms with Crippen LogP contribution in [-0.2, 0) is 10.0 Å². The second-order valence-electron chi connectivity index (χ2n) is 6.76. The molecule has 1 amide bonds. The summed E-state index contributed by atoms with van der Waals surface area (Å²) in [4.78, 5) is 12.8. The highest BCUT2D eigenvalue weighted by Crippen LogP contribution is 2.27. The van der Waals surface area contributed by atoms with Crippen molar-refractivity contribution in [3.8, 4) is 0 Å². The smallest absolute Gasteiger partial charge is 0.251 e. The molecule has 0 spiro atoms. The lowest BCUT2D eigenvalue weighted by Gasteiger charge is -2.29. The van der Waals surface area contributed by atoms with Crippen LogP contribution in [0.2, 0.25) is 0 Å². The molecule has 2 aliphatic heterocycles. The van der Waals surface area contributed by atoms with E-state index in [-0.39, 0.29) is 29.3 Å². The predicted molar refractivity (Wildman–Crippen MR) is 99.7 cm³/mol. The zero-order valence-corrected chi connectivity index (χ0v) is 16.2. The number of aryl methyl sites for hydroxylation is 1. The zero-order chi connectivity index (χ0) is 17.3. The molecule has 2 atom stereocenters. The van der Waals surface area contributed by atoms with Gasteiger partial charge in [-0.05, 0) is 50.3 Å². The van der Waals surface area contributed by atoms with Crippen LogP contribution in [0.1, 0.15) is 48.5 Å². The number of carbonyl (C=O) groups excluding carboxylic acids is 1. The van der Waals surface area contributed by atoms with Crippen LogP contribution in [0, 0.1) is 6.92 Å². The van der Waals surface area contributed by atoms with Crippen LogP contribution >= 0.6 is 12.4 Å². The molecule has 1 aromatic carbocycles. The van der Waals surface area contributed by atoms with Crippen LogP contribution in [0.4, 0.5) is 0 Å². The van der Waals surface area contributed by atoms with Gasteiger partial charge in [0.25, 0.3) is 5.91 Å². The molecular formula is C17H26ClN3O3S. The molecular weight excluding hydrogens is 362 g/mol. The highest BCUT2D eigenvalue weighted by molar-refractivity contribution is 7.89. The van der Waals surface area contributed by atoms with Crippen molar-refractivity contribution < 1.29 is 13.2 Å². The molecule has 25 heavy (non-hydrogen) atoms. The summed E-state index contributed by atoms with van der Waals surface area (Å²) in [5.74, 6) is -0.188. The molecule has 140 valence electrons. The summed E-state index contributed by atoms with van der Waals surface area (Å²) in [5.41, 5.74) is 1.21. The van der Waals surface area contributed by atoms with Crippen molar-refractivity contribution in [1.82, 2.24) is 15.4 Å². The van der Waals surface area contributed by atoms with Crippen molar-refractivity contribution in [2.24, 2.45) is 0 Å². The monoisotopic (exact) mass is 387 g/mol. The Bertz CT molecular complexity index is 727. The fourth-order valence-corrected chi connectivity index (χ4v) is 4.79. The second kappa shape index (κ2) is 8.03. The fourth-order valence-electron chi connectivity index (χ4n) is 3.72. The highest BCUT2D eigenvalue weighted by atomic mass is 35.5. The van der Waals surface area contributed by atoms with Gasteiger partial charge in [0.15, 0.2) is 0 Å². The van der Waals surface area contributed by atoms with Crippen molar-refractivity contribution in [3.05, 3.63) is 29.3 Å². The van der Waals surface area contributed by atoms with Gasteiger partial charge in [-0.2, -0.15) is 0 Å². The lowest BCUT2D eigenvalue weighted by Crippen LogP contribution is -2.48. The standard InChI is InChI=1S/C17H25N3O3S.ClH/c1-3-18-24(22,23)15-7-4-11(2)16(10-15)17(21)20-14-8-12-5-6-13(9-14)19-12;/h4,7,10,12-14,18-19H,3,5-6,8-9H2,1-2H3,(H,20,21);1H. The van der Waals surface area contributed by atoms with Gasteiger partial charge in [0.2, 0.25) is 10.0 Å². The van der Waals surface area contributed by atoms with Gasteiger partial charge >= 0.3 is 0 Å². The van der Waals surface area contributed by atoms with E-state index >= 15 is 0 Å². The van der Waals surface area contributed by atoms with Crippen LogP contribution in [-0.4, -0.2) is 39.0 Å². The van der Waals surface area contributed by atoms with E-state index in [4.69, 9.17) is 0 Å². The summed E-state index contributed by atoms with van der Waals surface area (Å²) in [6, 6.07) is 5.84. The summed E-state index contributed by atoms with van der Waals surface area (Å²) in [6.07, 6.45) is 4.23. The number of hydrogen-bond donors (Lipinski definition) is 3. The topological polar surface area (TPSA) is 87.3 Å². The number of hydrogen-bond acceptors (Lipinski definition) is 4. The van der Waals surface area contributed by atoms with Crippen molar-refractivity contribution in [3.63, 3.8) is 0 Å². The maximum Gasteiger partial charge on any atom is 0.251 e. The van der Waals surface area contributed by atoms with Gasteiger partial charge in [0.05, 0.1) is 4.90 Å². The molecule has 2 bridgehead atoms. The summed E-state index contributed by atoms with van der Waals surface area (Å²) in [6.45, 7) is 3.87. The van der Waals surface area contributed by atoms with E-state index in [1.165, 1.54) is 25.0 Å². The molecule has 2 saturated heterocycles. The molecule has 3 N–H and O–H groups in total. The molecule has 6 nitrogen and oxygen atoms in total. The summed E-state index contributed by atoms with van der Waals surface area (Å²) in [5, 5.41) is 6.64. The maximum absolute atomic E-state index is 12.7. The average molecular weight is 388 g/mol. The molecule has 0 aromatic heterocycles. The third kappa shape index (κ3) is 4.53. The number of amides is 1. The molecule has 3 rings (SSSR count).